The fourth-order valence-electron chi connectivity index (χ4n) is 3.11. The van der Waals surface area contributed by atoms with Crippen LogP contribution < -0.4 is 17.0 Å². The van der Waals surface area contributed by atoms with E-state index in [1.807, 2.05) is 0 Å². The minimum Gasteiger partial charge on any atom is -0.398 e. The highest BCUT2D eigenvalue weighted by Crippen LogP contribution is 2.22. The van der Waals surface area contributed by atoms with Gasteiger partial charge in [-0.25, -0.2) is 4.99 Å². The van der Waals surface area contributed by atoms with Crippen molar-refractivity contribution in [3.63, 3.8) is 0 Å². The number of aliphatic hydroxyl groups excluding tert-OH is 1. The van der Waals surface area contributed by atoms with Crippen LogP contribution in [0.4, 0.5) is 11.4 Å². The van der Waals surface area contributed by atoms with E-state index in [-0.39, 0.29) is 17.1 Å². The Morgan fingerprint density at radius 2 is 1.90 bits per heavy atom. The number of hydrogen-bond donors (Lipinski definition) is 4. The Bertz CT molecular complexity index is 862. The minimum atomic E-state index is -0.600. The Balaban J connectivity index is 0.000000390. The van der Waals surface area contributed by atoms with Gasteiger partial charge in [0.25, 0.3) is 5.56 Å². The summed E-state index contributed by atoms with van der Waals surface area (Å²) in [5.41, 5.74) is 12.9. The second-order valence-electron chi connectivity index (χ2n) is 7.15. The summed E-state index contributed by atoms with van der Waals surface area (Å²) in [5, 5.41) is 9.53. The summed E-state index contributed by atoms with van der Waals surface area (Å²) in [7, 11) is 0. The highest BCUT2D eigenvalue weighted by Gasteiger charge is 2.09. The van der Waals surface area contributed by atoms with Crippen LogP contribution in [0.5, 0.6) is 0 Å². The molecule has 6 heteroatoms. The predicted molar refractivity (Wildman–Crippen MR) is 121 cm³/mol. The van der Waals surface area contributed by atoms with Gasteiger partial charge < -0.3 is 21.6 Å². The summed E-state index contributed by atoms with van der Waals surface area (Å²) in [5.74, 6) is 1.07. The predicted octanol–water partition coefficient (Wildman–Crippen LogP) is 3.88. The molecule has 0 spiro atoms. The number of anilines is 1. The molecule has 1 aromatic carbocycles. The van der Waals surface area contributed by atoms with Gasteiger partial charge in [0.2, 0.25) is 0 Å². The lowest BCUT2D eigenvalue weighted by atomic mass is 9.91. The lowest BCUT2D eigenvalue weighted by molar-refractivity contribution is 0.199. The monoisotopic (exact) mass is 396 g/mol. The quantitative estimate of drug-likeness (QED) is 0.358. The number of H-pyrrole nitrogens is 1. The van der Waals surface area contributed by atoms with Crippen LogP contribution >= 0.6 is 0 Å². The van der Waals surface area contributed by atoms with Crippen molar-refractivity contribution in [2.45, 2.75) is 52.1 Å². The van der Waals surface area contributed by atoms with Gasteiger partial charge in [-0.05, 0) is 36.6 Å². The van der Waals surface area contributed by atoms with E-state index in [0.717, 1.165) is 5.92 Å². The maximum Gasteiger partial charge on any atom is 0.261 e. The second-order valence-corrected chi connectivity index (χ2v) is 7.15. The van der Waals surface area contributed by atoms with Gasteiger partial charge in [-0.3, -0.25) is 4.79 Å². The van der Waals surface area contributed by atoms with Gasteiger partial charge in [0.1, 0.15) is 11.4 Å². The lowest BCUT2D eigenvalue weighted by Gasteiger charge is -2.15. The smallest absolute Gasteiger partial charge is 0.261 e. The number of aliphatic hydroxyl groups is 1. The number of terminal acetylenes is 1. The third kappa shape index (κ3) is 7.84. The van der Waals surface area contributed by atoms with Crippen molar-refractivity contribution in [2.75, 3.05) is 5.73 Å². The standard InChI is InChI=1S/C14H16N4O2.C7H14.C2H2/c1-8(19)9-3-2-4-10(7-9)18-13(16)12-11(15)5-6-17-14(12)20;1-7-5-3-2-4-6-7;1-2/h2-8,19H,1H3,(H2,16,18)(H3,15,17,20);7H,2-6H2,1H3;1-2H. The van der Waals surface area contributed by atoms with E-state index < -0.39 is 11.7 Å². The van der Waals surface area contributed by atoms with E-state index in [2.05, 4.69) is 29.7 Å². The third-order valence-corrected chi connectivity index (χ3v) is 4.75. The number of nitrogens with zero attached hydrogens (tertiary/aromatic N) is 1. The SMILES string of the molecule is C#C.CC(O)c1cccc(N=C(N)c2c(N)cc[nH]c2=O)c1.CC1CCCCC1. The zero-order chi connectivity index (χ0) is 21.8. The number of hydrogen-bond acceptors (Lipinski definition) is 4. The first-order valence-corrected chi connectivity index (χ1v) is 9.81. The molecule has 0 bridgehead atoms. The molecular formula is C23H32N4O2. The molecule has 1 aliphatic rings. The van der Waals surface area contributed by atoms with Crippen molar-refractivity contribution >= 4 is 17.2 Å². The van der Waals surface area contributed by atoms with Crippen LogP contribution in [0.3, 0.4) is 0 Å². The Hall–Kier alpha value is -3.04. The number of nitrogens with one attached hydrogen (secondary N) is 1. The summed E-state index contributed by atoms with van der Waals surface area (Å²) in [6, 6.07) is 8.51. The molecule has 1 fully saturated rings. The Morgan fingerprint density at radius 1 is 1.24 bits per heavy atom. The number of nitrogens with two attached hydrogens (primary N) is 2. The number of rotatable bonds is 3. The van der Waals surface area contributed by atoms with Crippen molar-refractivity contribution in [1.29, 1.82) is 0 Å². The average Bonchev–Trinajstić information content (AvgIpc) is 2.70. The molecule has 6 nitrogen and oxygen atoms in total. The Morgan fingerprint density at radius 3 is 2.41 bits per heavy atom. The van der Waals surface area contributed by atoms with E-state index in [1.165, 1.54) is 38.3 Å². The van der Waals surface area contributed by atoms with Crippen molar-refractivity contribution in [3.05, 3.63) is 58.0 Å². The van der Waals surface area contributed by atoms with E-state index in [4.69, 9.17) is 11.5 Å². The van der Waals surface area contributed by atoms with Gasteiger partial charge in [-0.1, -0.05) is 51.2 Å². The van der Waals surface area contributed by atoms with Crippen LogP contribution in [0, 0.1) is 18.8 Å². The number of pyridine rings is 1. The Kier molecular flexibility index (Phi) is 10.3. The first-order valence-electron chi connectivity index (χ1n) is 9.81. The summed E-state index contributed by atoms with van der Waals surface area (Å²) in [4.78, 5) is 18.4. The summed E-state index contributed by atoms with van der Waals surface area (Å²) < 4.78 is 0. The van der Waals surface area contributed by atoms with Gasteiger partial charge in [0.05, 0.1) is 11.8 Å². The first-order chi connectivity index (χ1) is 13.9. The van der Waals surface area contributed by atoms with Crippen molar-refractivity contribution in [1.82, 2.24) is 4.98 Å². The second kappa shape index (κ2) is 12.4. The first kappa shape index (κ1) is 24.0. The van der Waals surface area contributed by atoms with Gasteiger partial charge in [-0.2, -0.15) is 0 Å². The minimum absolute atomic E-state index is 0.0343. The zero-order valence-electron chi connectivity index (χ0n) is 17.3. The van der Waals surface area contributed by atoms with Gasteiger partial charge in [0, 0.05) is 11.9 Å². The van der Waals surface area contributed by atoms with Crippen molar-refractivity contribution in [2.24, 2.45) is 16.6 Å². The van der Waals surface area contributed by atoms with Crippen LogP contribution in [-0.2, 0) is 0 Å². The Labute approximate surface area is 173 Å². The van der Waals surface area contributed by atoms with E-state index in [9.17, 15) is 9.90 Å². The highest BCUT2D eigenvalue weighted by molar-refractivity contribution is 6.02. The summed E-state index contributed by atoms with van der Waals surface area (Å²) in [6.07, 6.45) is 16.3. The molecule has 1 saturated carbocycles. The number of aliphatic imine (C=N–C) groups is 1. The molecule has 0 radical (unpaired) electrons. The molecule has 0 aliphatic heterocycles. The van der Waals surface area contributed by atoms with Gasteiger partial charge >= 0.3 is 0 Å². The molecule has 156 valence electrons. The van der Waals surface area contributed by atoms with E-state index in [0.29, 0.717) is 11.3 Å². The van der Waals surface area contributed by atoms with Crippen LogP contribution in [0.1, 0.15) is 63.2 Å². The molecule has 0 amide bonds. The molecule has 1 heterocycles. The van der Waals surface area contributed by atoms with Crippen molar-refractivity contribution < 1.29 is 5.11 Å². The molecule has 29 heavy (non-hydrogen) atoms. The fraction of sp³-hybridized carbons (Fsp3) is 0.391. The topological polar surface area (TPSA) is 117 Å². The number of aromatic amines is 1. The number of amidine groups is 1. The van der Waals surface area contributed by atoms with Crippen LogP contribution in [0.15, 0.2) is 46.3 Å². The van der Waals surface area contributed by atoms with Gasteiger partial charge in [-0.15, -0.1) is 12.8 Å². The molecule has 1 atom stereocenters. The summed E-state index contributed by atoms with van der Waals surface area (Å²) in [6.45, 7) is 4.02. The third-order valence-electron chi connectivity index (χ3n) is 4.75. The fourth-order valence-corrected chi connectivity index (χ4v) is 3.11. The molecule has 2 aromatic rings. The van der Waals surface area contributed by atoms with Crippen LogP contribution in [0.2, 0.25) is 0 Å². The summed E-state index contributed by atoms with van der Waals surface area (Å²) >= 11 is 0. The van der Waals surface area contributed by atoms with E-state index in [1.54, 1.807) is 37.3 Å². The molecule has 0 saturated heterocycles. The number of benzene rings is 1. The maximum absolute atomic E-state index is 11.7. The number of aromatic nitrogens is 1. The number of nitrogen functional groups attached to an aromatic ring is 1. The highest BCUT2D eigenvalue weighted by atomic mass is 16.3. The van der Waals surface area contributed by atoms with Crippen molar-refractivity contribution in [3.8, 4) is 12.8 Å². The normalized spacial score (nSPS) is 15.3. The van der Waals surface area contributed by atoms with Gasteiger partial charge in [0.15, 0.2) is 0 Å². The maximum atomic E-state index is 11.7. The molecule has 1 unspecified atom stereocenters. The average molecular weight is 397 g/mol. The molecule has 3 rings (SSSR count). The molecule has 6 N–H and O–H groups in total. The van der Waals surface area contributed by atoms with Crippen LogP contribution in [0.25, 0.3) is 0 Å². The van der Waals surface area contributed by atoms with Crippen LogP contribution in [-0.4, -0.2) is 15.9 Å². The lowest BCUT2D eigenvalue weighted by Crippen LogP contribution is -2.25. The zero-order valence-corrected chi connectivity index (χ0v) is 17.3. The molecule has 1 aromatic heterocycles. The molecular weight excluding hydrogens is 364 g/mol. The van der Waals surface area contributed by atoms with E-state index >= 15 is 0 Å². The molecule has 1 aliphatic carbocycles. The largest absolute Gasteiger partial charge is 0.398 e.